The third kappa shape index (κ3) is 3.53. The first kappa shape index (κ1) is 16.9. The van der Waals surface area contributed by atoms with Gasteiger partial charge in [-0.25, -0.2) is 4.98 Å². The molecule has 3 aromatic rings. The molecule has 1 aromatic heterocycles. The van der Waals surface area contributed by atoms with Crippen LogP contribution in [0.5, 0.6) is 0 Å². The molecule has 2 aromatic carbocycles. The summed E-state index contributed by atoms with van der Waals surface area (Å²) in [6.07, 6.45) is 2.15. The summed E-state index contributed by atoms with van der Waals surface area (Å²) in [7, 11) is 0. The predicted octanol–water partition coefficient (Wildman–Crippen LogP) is 5.62. The lowest BCUT2D eigenvalue weighted by molar-refractivity contribution is 0.834. The molecule has 0 saturated heterocycles. The van der Waals surface area contributed by atoms with Crippen LogP contribution in [-0.4, -0.2) is 15.7 Å². The van der Waals surface area contributed by atoms with E-state index in [1.165, 1.54) is 16.0 Å². The van der Waals surface area contributed by atoms with E-state index < -0.39 is 0 Å². The fraction of sp³-hybridized carbons (Fsp3) is 0.238. The van der Waals surface area contributed by atoms with Gasteiger partial charge in [-0.1, -0.05) is 36.4 Å². The SMILES string of the molecule is Cc1ccccc1Nc1nc2c(c(Nc3ccccc3C)n1)SCCC2. The maximum atomic E-state index is 4.80. The van der Waals surface area contributed by atoms with Crippen molar-refractivity contribution >= 4 is 34.9 Å². The van der Waals surface area contributed by atoms with Gasteiger partial charge in [0.1, 0.15) is 5.82 Å². The Balaban J connectivity index is 1.72. The monoisotopic (exact) mass is 362 g/mol. The molecule has 0 amide bonds. The highest BCUT2D eigenvalue weighted by atomic mass is 32.2. The summed E-state index contributed by atoms with van der Waals surface area (Å²) in [5, 5.41) is 6.92. The first-order valence-corrected chi connectivity index (χ1v) is 9.88. The molecule has 2 N–H and O–H groups in total. The maximum Gasteiger partial charge on any atom is 0.229 e. The number of anilines is 4. The molecule has 4 rings (SSSR count). The summed E-state index contributed by atoms with van der Waals surface area (Å²) < 4.78 is 0. The zero-order chi connectivity index (χ0) is 17.9. The summed E-state index contributed by atoms with van der Waals surface area (Å²) in [5.41, 5.74) is 5.63. The van der Waals surface area contributed by atoms with Crippen LogP contribution >= 0.6 is 11.8 Å². The standard InChI is InChI=1S/C21H22N4S/c1-14-8-3-5-10-16(14)22-20-19-18(12-7-13-26-19)24-21(25-20)23-17-11-6-4-9-15(17)2/h3-6,8-11H,7,12-13H2,1-2H3,(H2,22,23,24,25). The quantitative estimate of drug-likeness (QED) is 0.631. The molecule has 26 heavy (non-hydrogen) atoms. The predicted molar refractivity (Wildman–Crippen MR) is 110 cm³/mol. The van der Waals surface area contributed by atoms with Crippen LogP contribution in [0.2, 0.25) is 0 Å². The van der Waals surface area contributed by atoms with Gasteiger partial charge in [-0.3, -0.25) is 0 Å². The molecule has 0 bridgehead atoms. The number of aromatic nitrogens is 2. The van der Waals surface area contributed by atoms with Crippen LogP contribution in [0.15, 0.2) is 53.4 Å². The van der Waals surface area contributed by atoms with Crippen molar-refractivity contribution < 1.29 is 0 Å². The first-order chi connectivity index (χ1) is 12.7. The van der Waals surface area contributed by atoms with E-state index in [4.69, 9.17) is 9.97 Å². The van der Waals surface area contributed by atoms with Gasteiger partial charge in [0.15, 0.2) is 0 Å². The van der Waals surface area contributed by atoms with Gasteiger partial charge in [-0.05, 0) is 55.7 Å². The highest BCUT2D eigenvalue weighted by Gasteiger charge is 2.19. The molecule has 5 heteroatoms. The van der Waals surface area contributed by atoms with Crippen molar-refractivity contribution in [1.29, 1.82) is 0 Å². The van der Waals surface area contributed by atoms with Crippen LogP contribution in [0.4, 0.5) is 23.1 Å². The van der Waals surface area contributed by atoms with Gasteiger partial charge in [-0.2, -0.15) is 4.98 Å². The lowest BCUT2D eigenvalue weighted by Crippen LogP contribution is -2.10. The molecule has 1 aliphatic rings. The van der Waals surface area contributed by atoms with Gasteiger partial charge >= 0.3 is 0 Å². The van der Waals surface area contributed by atoms with Gasteiger partial charge in [0, 0.05) is 11.4 Å². The lowest BCUT2D eigenvalue weighted by Gasteiger charge is -2.20. The van der Waals surface area contributed by atoms with E-state index in [0.29, 0.717) is 5.95 Å². The normalized spacial score (nSPS) is 13.2. The van der Waals surface area contributed by atoms with E-state index in [0.717, 1.165) is 41.5 Å². The second-order valence-corrected chi connectivity index (χ2v) is 7.61. The first-order valence-electron chi connectivity index (χ1n) is 8.90. The number of nitrogens with one attached hydrogen (secondary N) is 2. The van der Waals surface area contributed by atoms with Crippen LogP contribution in [-0.2, 0) is 6.42 Å². The minimum absolute atomic E-state index is 0.650. The third-order valence-electron chi connectivity index (χ3n) is 4.53. The number of para-hydroxylation sites is 2. The van der Waals surface area contributed by atoms with Crippen molar-refractivity contribution in [2.45, 2.75) is 31.6 Å². The summed E-state index contributed by atoms with van der Waals surface area (Å²) in [6, 6.07) is 16.5. The van der Waals surface area contributed by atoms with Gasteiger partial charge in [0.05, 0.1) is 10.6 Å². The Hall–Kier alpha value is -2.53. The largest absolute Gasteiger partial charge is 0.339 e. The van der Waals surface area contributed by atoms with Crippen LogP contribution in [0, 0.1) is 13.8 Å². The summed E-state index contributed by atoms with van der Waals surface area (Å²) in [5.74, 6) is 2.66. The fourth-order valence-corrected chi connectivity index (χ4v) is 4.09. The molecule has 0 radical (unpaired) electrons. The van der Waals surface area contributed by atoms with E-state index in [1.54, 1.807) is 0 Å². The number of nitrogens with zero attached hydrogens (tertiary/aromatic N) is 2. The van der Waals surface area contributed by atoms with Crippen molar-refractivity contribution in [3.05, 3.63) is 65.4 Å². The van der Waals surface area contributed by atoms with E-state index in [2.05, 4.69) is 54.8 Å². The minimum atomic E-state index is 0.650. The van der Waals surface area contributed by atoms with Crippen molar-refractivity contribution in [2.75, 3.05) is 16.4 Å². The van der Waals surface area contributed by atoms with Crippen molar-refractivity contribution in [1.82, 2.24) is 9.97 Å². The Kier molecular flexibility index (Phi) is 4.80. The van der Waals surface area contributed by atoms with E-state index >= 15 is 0 Å². The average Bonchev–Trinajstić information content (AvgIpc) is 2.65. The van der Waals surface area contributed by atoms with Crippen LogP contribution < -0.4 is 10.6 Å². The summed E-state index contributed by atoms with van der Waals surface area (Å²) in [6.45, 7) is 4.19. The Labute approximate surface area is 158 Å². The van der Waals surface area contributed by atoms with Crippen LogP contribution in [0.3, 0.4) is 0 Å². The Morgan fingerprint density at radius 3 is 2.19 bits per heavy atom. The van der Waals surface area contributed by atoms with Gasteiger partial charge in [0.25, 0.3) is 0 Å². The van der Waals surface area contributed by atoms with Gasteiger partial charge in [-0.15, -0.1) is 11.8 Å². The average molecular weight is 363 g/mol. The Morgan fingerprint density at radius 1 is 0.846 bits per heavy atom. The molecule has 1 aliphatic heterocycles. The number of rotatable bonds is 4. The fourth-order valence-electron chi connectivity index (χ4n) is 3.05. The second kappa shape index (κ2) is 7.38. The highest BCUT2D eigenvalue weighted by molar-refractivity contribution is 7.99. The van der Waals surface area contributed by atoms with E-state index in [9.17, 15) is 0 Å². The van der Waals surface area contributed by atoms with Gasteiger partial charge in [0.2, 0.25) is 5.95 Å². The van der Waals surface area contributed by atoms with Crippen molar-refractivity contribution in [3.63, 3.8) is 0 Å². The molecule has 0 saturated carbocycles. The second-order valence-electron chi connectivity index (χ2n) is 6.50. The zero-order valence-corrected chi connectivity index (χ0v) is 15.9. The van der Waals surface area contributed by atoms with E-state index in [1.807, 2.05) is 30.0 Å². The van der Waals surface area contributed by atoms with Crippen molar-refractivity contribution in [2.24, 2.45) is 0 Å². The molecule has 0 spiro atoms. The van der Waals surface area contributed by atoms with Crippen LogP contribution in [0.25, 0.3) is 0 Å². The number of benzene rings is 2. The number of hydrogen-bond donors (Lipinski definition) is 2. The van der Waals surface area contributed by atoms with Crippen molar-refractivity contribution in [3.8, 4) is 0 Å². The molecule has 0 fully saturated rings. The number of fused-ring (bicyclic) bond motifs is 1. The number of thioether (sulfide) groups is 1. The molecule has 0 unspecified atom stereocenters. The third-order valence-corrected chi connectivity index (χ3v) is 5.74. The maximum absolute atomic E-state index is 4.80. The molecule has 0 atom stereocenters. The molecular formula is C21H22N4S. The molecule has 132 valence electrons. The summed E-state index contributed by atoms with van der Waals surface area (Å²) >= 11 is 1.84. The topological polar surface area (TPSA) is 49.8 Å². The highest BCUT2D eigenvalue weighted by Crippen LogP contribution is 2.37. The van der Waals surface area contributed by atoms with E-state index in [-0.39, 0.29) is 0 Å². The van der Waals surface area contributed by atoms with Gasteiger partial charge < -0.3 is 10.6 Å². The lowest BCUT2D eigenvalue weighted by atomic mass is 10.2. The molecular weight excluding hydrogens is 340 g/mol. The number of aryl methyl sites for hydroxylation is 3. The Bertz CT molecular complexity index is 939. The summed E-state index contributed by atoms with van der Waals surface area (Å²) in [4.78, 5) is 10.8. The Morgan fingerprint density at radius 2 is 1.50 bits per heavy atom. The number of hydrogen-bond acceptors (Lipinski definition) is 5. The minimum Gasteiger partial charge on any atom is -0.339 e. The zero-order valence-electron chi connectivity index (χ0n) is 15.0. The smallest absolute Gasteiger partial charge is 0.229 e. The van der Waals surface area contributed by atoms with Crippen LogP contribution in [0.1, 0.15) is 23.2 Å². The molecule has 0 aliphatic carbocycles. The molecule has 2 heterocycles. The molecule has 4 nitrogen and oxygen atoms in total.